The number of nitrogens with one attached hydrogen (secondary N) is 2. The van der Waals surface area contributed by atoms with Crippen molar-refractivity contribution in [2.24, 2.45) is 0 Å². The van der Waals surface area contributed by atoms with Crippen LogP contribution in [0.4, 0.5) is 11.4 Å². The molecule has 9 nitrogen and oxygen atoms in total. The zero-order valence-electron chi connectivity index (χ0n) is 20.1. The van der Waals surface area contributed by atoms with Gasteiger partial charge in [0.2, 0.25) is 5.91 Å². The Morgan fingerprint density at radius 2 is 1.83 bits per heavy atom. The molecule has 0 aliphatic heterocycles. The third-order valence-electron chi connectivity index (χ3n) is 5.77. The number of Topliss-reactive ketones (excluding diaryl/α,β-unsaturated/α-hetero) is 1. The van der Waals surface area contributed by atoms with E-state index in [0.717, 1.165) is 11.3 Å². The molecule has 0 radical (unpaired) electrons. The Kier molecular flexibility index (Phi) is 6.98. The molecule has 2 N–H and O–H groups in total. The summed E-state index contributed by atoms with van der Waals surface area (Å²) in [6, 6.07) is 12.7. The van der Waals surface area contributed by atoms with Crippen LogP contribution in [0.15, 0.2) is 59.7 Å². The Bertz CT molecular complexity index is 1560. The summed E-state index contributed by atoms with van der Waals surface area (Å²) < 4.78 is 6.51. The number of hydrogen-bond acceptors (Lipinski definition) is 7. The maximum atomic E-state index is 13.3. The van der Waals surface area contributed by atoms with Gasteiger partial charge in [-0.1, -0.05) is 24.3 Å². The van der Waals surface area contributed by atoms with Gasteiger partial charge in [0.1, 0.15) is 16.6 Å². The number of anilines is 2. The molecule has 0 aliphatic rings. The molecular weight excluding hydrogens is 480 g/mol. The molecule has 2 heterocycles. The highest BCUT2D eigenvalue weighted by atomic mass is 32.1. The Morgan fingerprint density at radius 1 is 1.08 bits per heavy atom. The first kappa shape index (κ1) is 24.8. The van der Waals surface area contributed by atoms with E-state index in [1.54, 1.807) is 62.4 Å². The van der Waals surface area contributed by atoms with Gasteiger partial charge in [-0.25, -0.2) is 4.98 Å². The van der Waals surface area contributed by atoms with Crippen molar-refractivity contribution < 1.29 is 19.1 Å². The van der Waals surface area contributed by atoms with Gasteiger partial charge in [-0.15, -0.1) is 11.3 Å². The quantitative estimate of drug-likeness (QED) is 0.360. The Morgan fingerprint density at radius 3 is 2.56 bits per heavy atom. The molecular formula is C26H24N4O5S. The summed E-state index contributed by atoms with van der Waals surface area (Å²) in [6.45, 7) is 4.70. The lowest BCUT2D eigenvalue weighted by Crippen LogP contribution is -2.31. The number of methoxy groups -OCH3 is 1. The molecule has 36 heavy (non-hydrogen) atoms. The number of thiophene rings is 1. The normalized spacial score (nSPS) is 11.7. The van der Waals surface area contributed by atoms with Crippen molar-refractivity contribution in [2.45, 2.75) is 26.8 Å². The second kappa shape index (κ2) is 10.1. The fourth-order valence-corrected chi connectivity index (χ4v) is 4.78. The molecule has 0 saturated heterocycles. The third kappa shape index (κ3) is 4.76. The minimum Gasteiger partial charge on any atom is -0.495 e. The largest absolute Gasteiger partial charge is 0.495 e. The number of carbonyl (C=O) groups excluding carboxylic acids is 3. The maximum absolute atomic E-state index is 13.3. The first-order valence-corrected chi connectivity index (χ1v) is 11.9. The first-order chi connectivity index (χ1) is 17.2. The molecule has 2 aromatic carbocycles. The number of fused-ring (bicyclic) bond motifs is 1. The van der Waals surface area contributed by atoms with Crippen molar-refractivity contribution in [3.63, 3.8) is 0 Å². The summed E-state index contributed by atoms with van der Waals surface area (Å²) in [5.41, 5.74) is 1.48. The monoisotopic (exact) mass is 504 g/mol. The van der Waals surface area contributed by atoms with Gasteiger partial charge >= 0.3 is 0 Å². The van der Waals surface area contributed by atoms with Crippen molar-refractivity contribution in [1.82, 2.24) is 9.55 Å². The van der Waals surface area contributed by atoms with E-state index in [1.807, 2.05) is 0 Å². The van der Waals surface area contributed by atoms with Crippen LogP contribution in [-0.4, -0.2) is 34.3 Å². The van der Waals surface area contributed by atoms with Crippen molar-refractivity contribution in [1.29, 1.82) is 0 Å². The highest BCUT2D eigenvalue weighted by Crippen LogP contribution is 2.30. The van der Waals surface area contributed by atoms with Crippen LogP contribution < -0.4 is 20.9 Å². The van der Waals surface area contributed by atoms with E-state index < -0.39 is 17.5 Å². The topological polar surface area (TPSA) is 119 Å². The molecule has 0 bridgehead atoms. The van der Waals surface area contributed by atoms with Gasteiger partial charge in [-0.2, -0.15) is 0 Å². The lowest BCUT2D eigenvalue weighted by atomic mass is 10.1. The van der Waals surface area contributed by atoms with Gasteiger partial charge in [0.25, 0.3) is 11.5 Å². The minimum atomic E-state index is -0.888. The standard InChI is InChI=1S/C26H24N4O5S/c1-14-21-25(36-22(14)24(33)29-19-10-5-6-11-20(19)35-4)27-13-30(26(21)34)15(2)23(32)28-18-9-7-8-17(12-18)16(3)31/h5-13,15H,1-4H3,(H,28,32)(H,29,33). The summed E-state index contributed by atoms with van der Waals surface area (Å²) in [5, 5.41) is 5.83. The van der Waals surface area contributed by atoms with Crippen molar-refractivity contribution in [3.05, 3.63) is 81.2 Å². The first-order valence-electron chi connectivity index (χ1n) is 11.1. The van der Waals surface area contributed by atoms with Crippen molar-refractivity contribution >= 4 is 50.5 Å². The number of ketones is 1. The van der Waals surface area contributed by atoms with Crippen molar-refractivity contribution in [2.75, 3.05) is 17.7 Å². The van der Waals surface area contributed by atoms with E-state index in [1.165, 1.54) is 24.9 Å². The number of nitrogens with zero attached hydrogens (tertiary/aromatic N) is 2. The van der Waals surface area contributed by atoms with Crippen LogP contribution in [0.2, 0.25) is 0 Å². The average Bonchev–Trinajstić information content (AvgIpc) is 3.21. The van der Waals surface area contributed by atoms with Gasteiger partial charge in [-0.3, -0.25) is 23.7 Å². The molecule has 2 aromatic heterocycles. The number of rotatable bonds is 7. The predicted molar refractivity (Wildman–Crippen MR) is 139 cm³/mol. The zero-order valence-corrected chi connectivity index (χ0v) is 20.9. The molecule has 1 unspecified atom stereocenters. The lowest BCUT2D eigenvalue weighted by molar-refractivity contribution is -0.118. The molecule has 4 rings (SSSR count). The molecule has 0 spiro atoms. The molecule has 2 amide bonds. The van der Waals surface area contributed by atoms with Crippen LogP contribution in [0, 0.1) is 6.92 Å². The van der Waals surface area contributed by atoms with E-state index in [9.17, 15) is 19.2 Å². The molecule has 0 saturated carbocycles. The van der Waals surface area contributed by atoms with Gasteiger partial charge in [-0.05, 0) is 50.6 Å². The molecule has 0 fully saturated rings. The van der Waals surface area contributed by atoms with Crippen LogP contribution in [0.25, 0.3) is 10.2 Å². The van der Waals surface area contributed by atoms with Crippen LogP contribution in [0.5, 0.6) is 5.75 Å². The summed E-state index contributed by atoms with van der Waals surface area (Å²) in [5.74, 6) is -0.439. The zero-order chi connectivity index (χ0) is 26.0. The fraction of sp³-hybridized carbons (Fsp3) is 0.192. The Hall–Kier alpha value is -4.31. The smallest absolute Gasteiger partial charge is 0.266 e. The van der Waals surface area contributed by atoms with Gasteiger partial charge in [0.15, 0.2) is 5.78 Å². The molecule has 4 aromatic rings. The highest BCUT2D eigenvalue weighted by Gasteiger charge is 2.23. The number of para-hydroxylation sites is 2. The second-order valence-electron chi connectivity index (χ2n) is 8.15. The average molecular weight is 505 g/mol. The SMILES string of the molecule is COc1ccccc1NC(=O)c1sc2ncn(C(C)C(=O)Nc3cccc(C(C)=O)c3)c(=O)c2c1C. The number of benzene rings is 2. The number of hydrogen-bond donors (Lipinski definition) is 2. The molecule has 10 heteroatoms. The number of amides is 2. The Balaban J connectivity index is 1.62. The van der Waals surface area contributed by atoms with Crippen LogP contribution in [0.1, 0.15) is 45.5 Å². The van der Waals surface area contributed by atoms with Gasteiger partial charge in [0.05, 0.1) is 29.4 Å². The summed E-state index contributed by atoms with van der Waals surface area (Å²) in [6.07, 6.45) is 1.30. The fourth-order valence-electron chi connectivity index (χ4n) is 3.75. The molecule has 1 atom stereocenters. The summed E-state index contributed by atoms with van der Waals surface area (Å²) in [4.78, 5) is 56.0. The van der Waals surface area contributed by atoms with Crippen molar-refractivity contribution in [3.8, 4) is 5.75 Å². The van der Waals surface area contributed by atoms with E-state index in [0.29, 0.717) is 38.0 Å². The summed E-state index contributed by atoms with van der Waals surface area (Å²) >= 11 is 1.10. The summed E-state index contributed by atoms with van der Waals surface area (Å²) in [7, 11) is 1.51. The molecule has 0 aliphatic carbocycles. The second-order valence-corrected chi connectivity index (χ2v) is 9.15. The number of aromatic nitrogens is 2. The highest BCUT2D eigenvalue weighted by molar-refractivity contribution is 7.20. The third-order valence-corrected chi connectivity index (χ3v) is 6.97. The van der Waals surface area contributed by atoms with Gasteiger partial charge < -0.3 is 15.4 Å². The van der Waals surface area contributed by atoms with E-state index in [2.05, 4.69) is 15.6 Å². The van der Waals surface area contributed by atoms with E-state index >= 15 is 0 Å². The van der Waals surface area contributed by atoms with Gasteiger partial charge in [0, 0.05) is 11.3 Å². The van der Waals surface area contributed by atoms with Crippen LogP contribution in [-0.2, 0) is 4.79 Å². The predicted octanol–water partition coefficient (Wildman–Crippen LogP) is 4.43. The van der Waals surface area contributed by atoms with Crippen LogP contribution >= 0.6 is 11.3 Å². The van der Waals surface area contributed by atoms with Crippen LogP contribution in [0.3, 0.4) is 0 Å². The number of carbonyl (C=O) groups is 3. The number of ether oxygens (including phenoxy) is 1. The minimum absolute atomic E-state index is 0.122. The van der Waals surface area contributed by atoms with E-state index in [-0.39, 0.29) is 17.1 Å². The van der Waals surface area contributed by atoms with E-state index in [4.69, 9.17) is 4.74 Å². The lowest BCUT2D eigenvalue weighted by Gasteiger charge is -2.15. The Labute approximate surface area is 210 Å². The maximum Gasteiger partial charge on any atom is 0.266 e. The number of aryl methyl sites for hydroxylation is 1. The molecule has 184 valence electrons.